The molecule has 0 amide bonds. The first kappa shape index (κ1) is 22.7. The zero-order valence-electron chi connectivity index (χ0n) is 15.6. The van der Waals surface area contributed by atoms with Gasteiger partial charge in [-0.25, -0.2) is 0 Å². The Morgan fingerprint density at radius 1 is 0.889 bits per heavy atom. The standard InChI is InChI=1S/C19H25NO6.ClH/c1-24-17-6-12(7-18(25-2)19(17)26-3)4-5-20-11-16(23)13-8-14(21)10-15(22)9-13;/h6-10,16,20-23H,4-5,11H2,1-3H3;1H. The van der Waals surface area contributed by atoms with Gasteiger partial charge in [0.1, 0.15) is 11.5 Å². The summed E-state index contributed by atoms with van der Waals surface area (Å²) < 4.78 is 16.0. The van der Waals surface area contributed by atoms with Gasteiger partial charge in [0.2, 0.25) is 5.75 Å². The van der Waals surface area contributed by atoms with Crippen LogP contribution in [-0.2, 0) is 6.42 Å². The first-order valence-corrected chi connectivity index (χ1v) is 8.19. The summed E-state index contributed by atoms with van der Waals surface area (Å²) in [6.45, 7) is 0.897. The number of ether oxygens (including phenoxy) is 3. The van der Waals surface area contributed by atoms with Gasteiger partial charge in [0, 0.05) is 12.6 Å². The quantitative estimate of drug-likeness (QED) is 0.480. The average molecular weight is 400 g/mol. The molecule has 7 nitrogen and oxygen atoms in total. The number of hydrogen-bond acceptors (Lipinski definition) is 7. The predicted molar refractivity (Wildman–Crippen MR) is 105 cm³/mol. The van der Waals surface area contributed by atoms with E-state index < -0.39 is 6.10 Å². The molecule has 0 saturated heterocycles. The molecule has 4 N–H and O–H groups in total. The lowest BCUT2D eigenvalue weighted by Gasteiger charge is -2.15. The number of benzene rings is 2. The lowest BCUT2D eigenvalue weighted by atomic mass is 10.1. The minimum Gasteiger partial charge on any atom is -0.508 e. The molecule has 0 saturated carbocycles. The van der Waals surface area contributed by atoms with E-state index in [9.17, 15) is 15.3 Å². The number of hydrogen-bond donors (Lipinski definition) is 4. The van der Waals surface area contributed by atoms with E-state index in [4.69, 9.17) is 14.2 Å². The van der Waals surface area contributed by atoms with Crippen molar-refractivity contribution in [1.82, 2.24) is 5.32 Å². The molecular formula is C19H26ClNO6. The summed E-state index contributed by atoms with van der Waals surface area (Å²) in [5.41, 5.74) is 1.44. The highest BCUT2D eigenvalue weighted by molar-refractivity contribution is 5.85. The van der Waals surface area contributed by atoms with Crippen LogP contribution in [0.4, 0.5) is 0 Å². The van der Waals surface area contributed by atoms with Crippen LogP contribution in [0.2, 0.25) is 0 Å². The van der Waals surface area contributed by atoms with Crippen LogP contribution in [0.25, 0.3) is 0 Å². The SMILES string of the molecule is COc1cc(CCNCC(O)c2cc(O)cc(O)c2)cc(OC)c1OC.Cl. The average Bonchev–Trinajstić information content (AvgIpc) is 2.63. The first-order chi connectivity index (χ1) is 12.5. The summed E-state index contributed by atoms with van der Waals surface area (Å²) in [5.74, 6) is 1.56. The smallest absolute Gasteiger partial charge is 0.203 e. The second-order valence-corrected chi connectivity index (χ2v) is 5.79. The summed E-state index contributed by atoms with van der Waals surface area (Å²) in [5, 5.41) is 32.3. The van der Waals surface area contributed by atoms with Gasteiger partial charge in [-0.2, -0.15) is 0 Å². The Hall–Kier alpha value is -2.35. The number of methoxy groups -OCH3 is 3. The van der Waals surface area contributed by atoms with Gasteiger partial charge in [0.05, 0.1) is 27.4 Å². The van der Waals surface area contributed by atoms with Gasteiger partial charge >= 0.3 is 0 Å². The number of nitrogens with one attached hydrogen (secondary N) is 1. The van der Waals surface area contributed by atoms with Gasteiger partial charge < -0.3 is 34.8 Å². The van der Waals surface area contributed by atoms with Crippen molar-refractivity contribution in [2.75, 3.05) is 34.4 Å². The molecule has 1 unspecified atom stereocenters. The van der Waals surface area contributed by atoms with Crippen molar-refractivity contribution in [3.63, 3.8) is 0 Å². The molecule has 0 aliphatic carbocycles. The first-order valence-electron chi connectivity index (χ1n) is 8.19. The molecule has 0 fully saturated rings. The number of aliphatic hydroxyl groups excluding tert-OH is 1. The third kappa shape index (κ3) is 6.09. The Morgan fingerprint density at radius 2 is 1.44 bits per heavy atom. The van der Waals surface area contributed by atoms with E-state index in [2.05, 4.69) is 5.32 Å². The maximum Gasteiger partial charge on any atom is 0.203 e. The fourth-order valence-electron chi connectivity index (χ4n) is 2.68. The van der Waals surface area contributed by atoms with Crippen molar-refractivity contribution in [2.24, 2.45) is 0 Å². The Bertz CT molecular complexity index is 695. The molecule has 0 spiro atoms. The van der Waals surface area contributed by atoms with Crippen LogP contribution in [0, 0.1) is 0 Å². The van der Waals surface area contributed by atoms with Crippen molar-refractivity contribution < 1.29 is 29.5 Å². The van der Waals surface area contributed by atoms with Crippen molar-refractivity contribution in [3.05, 3.63) is 41.5 Å². The molecule has 2 aromatic rings. The lowest BCUT2D eigenvalue weighted by Crippen LogP contribution is -2.23. The molecule has 0 aliphatic heterocycles. The number of phenolic OH excluding ortho intramolecular Hbond substituents is 2. The molecule has 0 radical (unpaired) electrons. The molecule has 1 atom stereocenters. The molecule has 2 rings (SSSR count). The van der Waals surface area contributed by atoms with E-state index >= 15 is 0 Å². The van der Waals surface area contributed by atoms with Crippen molar-refractivity contribution in [3.8, 4) is 28.7 Å². The highest BCUT2D eigenvalue weighted by Gasteiger charge is 2.13. The summed E-state index contributed by atoms with van der Waals surface area (Å²) in [6, 6.07) is 7.82. The van der Waals surface area contributed by atoms with Gasteiger partial charge in [-0.3, -0.25) is 0 Å². The summed E-state index contributed by atoms with van der Waals surface area (Å²) in [7, 11) is 4.70. The van der Waals surface area contributed by atoms with Crippen LogP contribution in [-0.4, -0.2) is 49.7 Å². The molecule has 0 aromatic heterocycles. The van der Waals surface area contributed by atoms with Crippen LogP contribution in [0.1, 0.15) is 17.2 Å². The number of halogens is 1. The van der Waals surface area contributed by atoms with Crippen LogP contribution in [0.3, 0.4) is 0 Å². The summed E-state index contributed by atoms with van der Waals surface area (Å²) in [4.78, 5) is 0. The van der Waals surface area contributed by atoms with Crippen molar-refractivity contribution in [2.45, 2.75) is 12.5 Å². The highest BCUT2D eigenvalue weighted by atomic mass is 35.5. The molecule has 150 valence electrons. The number of aromatic hydroxyl groups is 2. The van der Waals surface area contributed by atoms with E-state index in [-0.39, 0.29) is 30.5 Å². The van der Waals surface area contributed by atoms with Crippen LogP contribution in [0.15, 0.2) is 30.3 Å². The van der Waals surface area contributed by atoms with E-state index in [1.54, 1.807) is 21.3 Å². The van der Waals surface area contributed by atoms with Crippen LogP contribution in [0.5, 0.6) is 28.7 Å². The number of aliphatic hydroxyl groups is 1. The summed E-state index contributed by atoms with van der Waals surface area (Å²) in [6.07, 6.45) is -0.151. The lowest BCUT2D eigenvalue weighted by molar-refractivity contribution is 0.174. The second kappa shape index (κ2) is 10.7. The van der Waals surface area contributed by atoms with Crippen molar-refractivity contribution >= 4 is 12.4 Å². The maximum absolute atomic E-state index is 10.2. The van der Waals surface area contributed by atoms with E-state index in [0.717, 1.165) is 5.56 Å². The Morgan fingerprint density at radius 3 is 1.93 bits per heavy atom. The molecule has 0 heterocycles. The van der Waals surface area contributed by atoms with E-state index in [1.807, 2.05) is 12.1 Å². The van der Waals surface area contributed by atoms with Crippen LogP contribution >= 0.6 is 12.4 Å². The normalized spacial score (nSPS) is 11.4. The number of rotatable bonds is 9. The molecule has 27 heavy (non-hydrogen) atoms. The third-order valence-electron chi connectivity index (χ3n) is 3.96. The van der Waals surface area contributed by atoms with Gasteiger partial charge in [0.25, 0.3) is 0 Å². The van der Waals surface area contributed by atoms with Gasteiger partial charge in [0.15, 0.2) is 11.5 Å². The van der Waals surface area contributed by atoms with Crippen molar-refractivity contribution in [1.29, 1.82) is 0 Å². The minimum atomic E-state index is -0.840. The van der Waals surface area contributed by atoms with E-state index in [0.29, 0.717) is 35.8 Å². The Kier molecular flexibility index (Phi) is 9.00. The van der Waals surface area contributed by atoms with E-state index in [1.165, 1.54) is 18.2 Å². The molecule has 2 aromatic carbocycles. The Balaban J connectivity index is 0.00000364. The monoisotopic (exact) mass is 399 g/mol. The van der Waals surface area contributed by atoms with Gasteiger partial charge in [-0.1, -0.05) is 0 Å². The molecule has 8 heteroatoms. The topological polar surface area (TPSA) is 100 Å². The largest absolute Gasteiger partial charge is 0.508 e. The molecule has 0 bridgehead atoms. The predicted octanol–water partition coefficient (Wildman–Crippen LogP) is 2.41. The Labute approximate surface area is 164 Å². The minimum absolute atomic E-state index is 0. The maximum atomic E-state index is 10.2. The fourth-order valence-corrected chi connectivity index (χ4v) is 2.68. The highest BCUT2D eigenvalue weighted by Crippen LogP contribution is 2.38. The fraction of sp³-hybridized carbons (Fsp3) is 0.368. The van der Waals surface area contributed by atoms with Gasteiger partial charge in [-0.05, 0) is 48.4 Å². The number of phenols is 2. The zero-order valence-corrected chi connectivity index (χ0v) is 16.4. The zero-order chi connectivity index (χ0) is 19.1. The van der Waals surface area contributed by atoms with Gasteiger partial charge in [-0.15, -0.1) is 12.4 Å². The summed E-state index contributed by atoms with van der Waals surface area (Å²) >= 11 is 0. The molecular weight excluding hydrogens is 374 g/mol. The molecule has 0 aliphatic rings. The van der Waals surface area contributed by atoms with Crippen LogP contribution < -0.4 is 19.5 Å². The third-order valence-corrected chi connectivity index (χ3v) is 3.96. The second-order valence-electron chi connectivity index (χ2n) is 5.79.